The van der Waals surface area contributed by atoms with Crippen molar-refractivity contribution < 1.29 is 45.2 Å². The summed E-state index contributed by atoms with van der Waals surface area (Å²) in [5, 5.41) is 3.89. The molecule has 1 atom stereocenters. The molecule has 0 radical (unpaired) electrons. The van der Waals surface area contributed by atoms with Crippen molar-refractivity contribution in [2.24, 2.45) is 0 Å². The van der Waals surface area contributed by atoms with Crippen LogP contribution in [0, 0.1) is 0 Å². The largest absolute Gasteiger partial charge is 0.497 e. The van der Waals surface area contributed by atoms with Crippen molar-refractivity contribution in [2.45, 2.75) is 30.1 Å². The number of amides is 2. The van der Waals surface area contributed by atoms with Crippen LogP contribution in [0.2, 0.25) is 0 Å². The average Bonchev–Trinajstić information content (AvgIpc) is 3.28. The molecule has 1 saturated heterocycles. The highest BCUT2D eigenvalue weighted by Gasteiger charge is 2.43. The van der Waals surface area contributed by atoms with Crippen LogP contribution in [0.25, 0.3) is 32.8 Å². The first-order chi connectivity index (χ1) is 19.8. The number of hydrogen-bond donors (Lipinski definition) is 2. The molecule has 0 spiro atoms. The third-order valence-corrected chi connectivity index (χ3v) is 7.99. The Morgan fingerprint density at radius 2 is 1.81 bits per heavy atom. The summed E-state index contributed by atoms with van der Waals surface area (Å²) in [6.45, 7) is 0.0118. The van der Waals surface area contributed by atoms with E-state index in [1.807, 2.05) is 0 Å². The van der Waals surface area contributed by atoms with E-state index in [-0.39, 0.29) is 35.7 Å². The Hall–Kier alpha value is -4.43. The fraction of sp³-hybridized carbons (Fsp3) is 0.250. The van der Waals surface area contributed by atoms with Gasteiger partial charge in [0.25, 0.3) is 10.1 Å². The van der Waals surface area contributed by atoms with Gasteiger partial charge in [0.15, 0.2) is 0 Å². The number of fused-ring (bicyclic) bond motifs is 2. The van der Waals surface area contributed by atoms with Crippen LogP contribution < -0.4 is 14.8 Å². The molecule has 1 unspecified atom stereocenters. The van der Waals surface area contributed by atoms with Gasteiger partial charge in [0.2, 0.25) is 5.91 Å². The zero-order valence-electron chi connectivity index (χ0n) is 22.2. The number of nitrogens with one attached hydrogen (secondary N) is 1. The number of aromatic nitrogens is 1. The van der Waals surface area contributed by atoms with E-state index in [2.05, 4.69) is 4.98 Å². The highest BCUT2D eigenvalue weighted by atomic mass is 32.2. The number of alkyl halides is 3. The molecule has 0 aliphatic carbocycles. The maximum Gasteiger partial charge on any atom is 0.471 e. The standard InChI is InChI=1S/C28H24F3N3O7S/c1-40-18-5-3-15-4-6-23(42(37,38)39)24(19(15)13-18)25-20-11-17(22(41-2)12-16(20)7-9-32-25)14-34-10-8-21(26(34)35)33-27(36)28(29,30)31/h3-7,9,11-13,21H,8,10,14H2,1-2H3,(H,33,36)(H,37,38,39). The van der Waals surface area contributed by atoms with Gasteiger partial charge in [0, 0.05) is 35.8 Å². The summed E-state index contributed by atoms with van der Waals surface area (Å²) < 4.78 is 84.2. The third kappa shape index (κ3) is 5.42. The normalized spacial score (nSPS) is 15.8. The Morgan fingerprint density at radius 1 is 1.07 bits per heavy atom. The van der Waals surface area contributed by atoms with Crippen LogP contribution in [-0.2, 0) is 26.3 Å². The van der Waals surface area contributed by atoms with Crippen LogP contribution in [-0.4, -0.2) is 67.7 Å². The lowest BCUT2D eigenvalue weighted by atomic mass is 9.96. The molecule has 0 saturated carbocycles. The second kappa shape index (κ2) is 10.8. The Morgan fingerprint density at radius 3 is 2.48 bits per heavy atom. The number of benzene rings is 3. The molecular weight excluding hydrogens is 579 g/mol. The van der Waals surface area contributed by atoms with Crippen LogP contribution in [0.15, 0.2) is 59.6 Å². The SMILES string of the molecule is COc1ccc2ccc(S(=O)(=O)O)c(-c3nccc4cc(OC)c(CN5CCC(NC(=O)C(F)(F)F)C5=O)cc34)c2c1. The fourth-order valence-corrected chi connectivity index (χ4v) is 5.80. The summed E-state index contributed by atoms with van der Waals surface area (Å²) in [6, 6.07) is 11.6. The maximum atomic E-state index is 12.9. The highest BCUT2D eigenvalue weighted by molar-refractivity contribution is 7.86. The molecule has 14 heteroatoms. The minimum absolute atomic E-state index is 0.0150. The van der Waals surface area contributed by atoms with Crippen LogP contribution >= 0.6 is 0 Å². The van der Waals surface area contributed by atoms with E-state index in [1.54, 1.807) is 47.8 Å². The molecule has 220 valence electrons. The van der Waals surface area contributed by atoms with Gasteiger partial charge in [0.05, 0.1) is 19.9 Å². The van der Waals surface area contributed by atoms with Crippen molar-refractivity contribution in [1.29, 1.82) is 0 Å². The van der Waals surface area contributed by atoms with Crippen molar-refractivity contribution in [3.63, 3.8) is 0 Å². The van der Waals surface area contributed by atoms with Gasteiger partial charge in [-0.15, -0.1) is 0 Å². The molecule has 2 amide bonds. The van der Waals surface area contributed by atoms with E-state index >= 15 is 0 Å². The van der Waals surface area contributed by atoms with E-state index in [9.17, 15) is 35.7 Å². The lowest BCUT2D eigenvalue weighted by Gasteiger charge is -2.20. The molecule has 3 aromatic carbocycles. The van der Waals surface area contributed by atoms with Crippen molar-refractivity contribution in [3.05, 3.63) is 60.3 Å². The Bertz CT molecular complexity index is 1840. The number of likely N-dealkylation sites (tertiary alicyclic amines) is 1. The van der Waals surface area contributed by atoms with Gasteiger partial charge in [-0.3, -0.25) is 19.1 Å². The number of ether oxygens (including phenoxy) is 2. The predicted molar refractivity (Wildman–Crippen MR) is 146 cm³/mol. The lowest BCUT2D eigenvalue weighted by molar-refractivity contribution is -0.174. The topological polar surface area (TPSA) is 135 Å². The first kappa shape index (κ1) is 29.1. The average molecular weight is 604 g/mol. The fourth-order valence-electron chi connectivity index (χ4n) is 5.10. The van der Waals surface area contributed by atoms with E-state index in [0.717, 1.165) is 0 Å². The Labute approximate surface area is 237 Å². The number of pyridine rings is 1. The Balaban J connectivity index is 1.63. The van der Waals surface area contributed by atoms with Gasteiger partial charge in [0.1, 0.15) is 22.4 Å². The van der Waals surface area contributed by atoms with Gasteiger partial charge in [-0.05, 0) is 59.0 Å². The molecule has 10 nitrogen and oxygen atoms in total. The Kier molecular flexibility index (Phi) is 7.45. The molecule has 1 fully saturated rings. The number of carbonyl (C=O) groups excluding carboxylic acids is 2. The van der Waals surface area contributed by atoms with Gasteiger partial charge in [-0.25, -0.2) is 0 Å². The quantitative estimate of drug-likeness (QED) is 0.302. The van der Waals surface area contributed by atoms with Gasteiger partial charge in [-0.1, -0.05) is 12.1 Å². The first-order valence-electron chi connectivity index (χ1n) is 12.5. The molecule has 2 N–H and O–H groups in total. The summed E-state index contributed by atoms with van der Waals surface area (Å²) in [7, 11) is -1.84. The highest BCUT2D eigenvalue weighted by Crippen LogP contribution is 2.40. The molecule has 1 aliphatic rings. The monoisotopic (exact) mass is 603 g/mol. The molecule has 42 heavy (non-hydrogen) atoms. The second-order valence-corrected chi connectivity index (χ2v) is 11.0. The van der Waals surface area contributed by atoms with Crippen molar-refractivity contribution >= 4 is 43.5 Å². The summed E-state index contributed by atoms with van der Waals surface area (Å²) in [6.07, 6.45) is -3.66. The maximum absolute atomic E-state index is 12.9. The van der Waals surface area contributed by atoms with E-state index in [1.165, 1.54) is 31.4 Å². The van der Waals surface area contributed by atoms with Crippen LogP contribution in [0.5, 0.6) is 11.5 Å². The zero-order chi connectivity index (χ0) is 30.4. The summed E-state index contributed by atoms with van der Waals surface area (Å²) in [5.74, 6) is -2.07. The molecule has 4 aromatic rings. The number of methoxy groups -OCH3 is 2. The minimum Gasteiger partial charge on any atom is -0.497 e. The number of carbonyl (C=O) groups is 2. The van der Waals surface area contributed by atoms with Crippen LogP contribution in [0.4, 0.5) is 13.2 Å². The number of rotatable bonds is 7. The van der Waals surface area contributed by atoms with E-state index in [4.69, 9.17) is 9.47 Å². The molecule has 5 rings (SSSR count). The smallest absolute Gasteiger partial charge is 0.471 e. The van der Waals surface area contributed by atoms with Crippen LogP contribution in [0.1, 0.15) is 12.0 Å². The summed E-state index contributed by atoms with van der Waals surface area (Å²) in [5.41, 5.74) is 0.801. The molecular formula is C28H24F3N3O7S. The lowest BCUT2D eigenvalue weighted by Crippen LogP contribution is -2.46. The van der Waals surface area contributed by atoms with Gasteiger partial charge in [-0.2, -0.15) is 21.6 Å². The number of halogens is 3. The number of hydrogen-bond acceptors (Lipinski definition) is 7. The molecule has 0 bridgehead atoms. The predicted octanol–water partition coefficient (Wildman–Crippen LogP) is 4.10. The van der Waals surface area contributed by atoms with E-state index in [0.29, 0.717) is 38.6 Å². The van der Waals surface area contributed by atoms with Crippen molar-refractivity contribution in [1.82, 2.24) is 15.2 Å². The second-order valence-electron chi connectivity index (χ2n) is 9.62. The zero-order valence-corrected chi connectivity index (χ0v) is 23.0. The van der Waals surface area contributed by atoms with Gasteiger partial charge >= 0.3 is 12.1 Å². The molecule has 1 aliphatic heterocycles. The van der Waals surface area contributed by atoms with Crippen molar-refractivity contribution in [2.75, 3.05) is 20.8 Å². The summed E-state index contributed by atoms with van der Waals surface area (Å²) >= 11 is 0. The minimum atomic E-state index is -5.12. The van der Waals surface area contributed by atoms with Gasteiger partial charge < -0.3 is 19.7 Å². The first-order valence-corrected chi connectivity index (χ1v) is 14.0. The van der Waals surface area contributed by atoms with E-state index < -0.39 is 34.2 Å². The van der Waals surface area contributed by atoms with Crippen LogP contribution in [0.3, 0.4) is 0 Å². The summed E-state index contributed by atoms with van der Waals surface area (Å²) in [4.78, 5) is 29.6. The third-order valence-electron chi connectivity index (χ3n) is 7.09. The molecule has 1 aromatic heterocycles. The van der Waals surface area contributed by atoms with Crippen molar-refractivity contribution in [3.8, 4) is 22.8 Å². The molecule has 2 heterocycles. The number of nitrogens with zero attached hydrogens (tertiary/aromatic N) is 2.